The molecule has 13 atom stereocenters. The van der Waals surface area contributed by atoms with Crippen LogP contribution in [0.1, 0.15) is 105 Å². The van der Waals surface area contributed by atoms with Gasteiger partial charge in [0.05, 0.1) is 44.2 Å². The highest BCUT2D eigenvalue weighted by atomic mass is 16.7. The van der Waals surface area contributed by atoms with Crippen molar-refractivity contribution >= 4 is 5.91 Å². The zero-order chi connectivity index (χ0) is 30.2. The van der Waals surface area contributed by atoms with Gasteiger partial charge in [-0.05, 0) is 115 Å². The highest BCUT2D eigenvalue weighted by Crippen LogP contribution is 2.89. The zero-order valence-corrected chi connectivity index (χ0v) is 27.4. The molecule has 7 nitrogen and oxygen atoms in total. The van der Waals surface area contributed by atoms with Gasteiger partial charge in [0.2, 0.25) is 5.91 Å². The second kappa shape index (κ2) is 9.65. The standard InChI is InChI=1S/C36H57NO6/c1-21-16-23(19-38)42-30-29(21)33(4)12-13-36-20-35(36)11-10-26(32(2,3)24(35)8-9-25(36)34(33,5)31(30)40)43-28-18-37(14-15-41-28)27(39)17-22-6-7-22/h21-26,28-31,38,40H,6-20H2,1-5H3/t21-,23-,24?,25+,26+,28+,29+,30+,31+,33-,34-,35?,36?/m1/s1. The molecule has 1 amide bonds. The molecule has 0 aromatic rings. The van der Waals surface area contributed by atoms with Crippen molar-refractivity contribution in [1.29, 1.82) is 0 Å². The molecular formula is C36H57NO6. The first kappa shape index (κ1) is 29.7. The van der Waals surface area contributed by atoms with E-state index in [4.69, 9.17) is 14.2 Å². The summed E-state index contributed by atoms with van der Waals surface area (Å²) in [5.74, 6) is 2.80. The van der Waals surface area contributed by atoms with Gasteiger partial charge in [-0.3, -0.25) is 4.79 Å². The van der Waals surface area contributed by atoms with E-state index in [0.29, 0.717) is 66.5 Å². The quantitative estimate of drug-likeness (QED) is 0.454. The Morgan fingerprint density at radius 2 is 1.74 bits per heavy atom. The fourth-order valence-electron chi connectivity index (χ4n) is 13.6. The third-order valence-electron chi connectivity index (χ3n) is 15.9. The van der Waals surface area contributed by atoms with Crippen LogP contribution in [0, 0.1) is 56.7 Å². The van der Waals surface area contributed by atoms with Crippen molar-refractivity contribution in [2.24, 2.45) is 56.7 Å². The molecule has 2 heterocycles. The predicted molar refractivity (Wildman–Crippen MR) is 162 cm³/mol. The second-order valence-electron chi connectivity index (χ2n) is 17.7. The van der Waals surface area contributed by atoms with E-state index in [0.717, 1.165) is 12.8 Å². The van der Waals surface area contributed by atoms with Crippen LogP contribution in [0.15, 0.2) is 0 Å². The number of hydrogen-bond donors (Lipinski definition) is 2. The number of aliphatic hydroxyl groups is 2. The van der Waals surface area contributed by atoms with Gasteiger partial charge in [0.15, 0.2) is 6.29 Å². The van der Waals surface area contributed by atoms with Gasteiger partial charge in [0.1, 0.15) is 0 Å². The average molecular weight is 600 g/mol. The van der Waals surface area contributed by atoms with Crippen molar-refractivity contribution in [1.82, 2.24) is 4.90 Å². The monoisotopic (exact) mass is 599 g/mol. The zero-order valence-electron chi connectivity index (χ0n) is 27.4. The van der Waals surface area contributed by atoms with Crippen LogP contribution in [0.5, 0.6) is 0 Å². The molecule has 242 valence electrons. The molecule has 2 saturated heterocycles. The van der Waals surface area contributed by atoms with Crippen LogP contribution in [0.25, 0.3) is 0 Å². The number of fused-ring (bicyclic) bond motifs is 4. The molecule has 6 aliphatic carbocycles. The van der Waals surface area contributed by atoms with E-state index >= 15 is 0 Å². The number of carbonyl (C=O) groups is 1. The summed E-state index contributed by atoms with van der Waals surface area (Å²) >= 11 is 0. The smallest absolute Gasteiger partial charge is 0.223 e. The Morgan fingerprint density at radius 1 is 1.00 bits per heavy atom. The summed E-state index contributed by atoms with van der Waals surface area (Å²) in [6.07, 6.45) is 11.4. The summed E-state index contributed by atoms with van der Waals surface area (Å²) in [5.41, 5.74) is 0.578. The molecule has 7 heteroatoms. The van der Waals surface area contributed by atoms with Gasteiger partial charge in [-0.25, -0.2) is 0 Å². The summed E-state index contributed by atoms with van der Waals surface area (Å²) in [7, 11) is 0. The first-order valence-corrected chi connectivity index (χ1v) is 17.9. The van der Waals surface area contributed by atoms with Crippen molar-refractivity contribution in [3.63, 3.8) is 0 Å². The van der Waals surface area contributed by atoms with E-state index in [9.17, 15) is 15.0 Å². The Kier molecular flexibility index (Phi) is 6.66. The Morgan fingerprint density at radius 3 is 2.49 bits per heavy atom. The molecule has 2 spiro atoms. The maximum absolute atomic E-state index is 12.8. The number of carbonyl (C=O) groups excluding carboxylic acids is 1. The number of ether oxygens (including phenoxy) is 3. The van der Waals surface area contributed by atoms with Crippen molar-refractivity contribution in [3.8, 4) is 0 Å². The lowest BCUT2D eigenvalue weighted by atomic mass is 9.41. The SMILES string of the molecule is C[C@@H]1C[C@H](CO)O[C@H]2[C@H]1[C@@]1(C)CCC34CC35CC[C@H](O[C@H]3CN(C(=O)CC6CC6)CCO3)C(C)(C)C5CC[C@H]4[C@]1(C)[C@H]2O. The number of aliphatic hydroxyl groups excluding tert-OH is 2. The minimum atomic E-state index is -0.475. The molecule has 8 fully saturated rings. The van der Waals surface area contributed by atoms with Gasteiger partial charge in [-0.2, -0.15) is 0 Å². The maximum atomic E-state index is 12.8. The summed E-state index contributed by atoms with van der Waals surface area (Å²) in [4.78, 5) is 14.8. The predicted octanol–water partition coefficient (Wildman–Crippen LogP) is 5.16. The van der Waals surface area contributed by atoms with Crippen LogP contribution < -0.4 is 0 Å². The molecule has 6 saturated carbocycles. The minimum Gasteiger partial charge on any atom is -0.394 e. The van der Waals surface area contributed by atoms with Gasteiger partial charge in [-0.15, -0.1) is 0 Å². The number of morpholine rings is 1. The van der Waals surface area contributed by atoms with E-state index in [-0.39, 0.29) is 53.4 Å². The van der Waals surface area contributed by atoms with Crippen molar-refractivity contribution in [3.05, 3.63) is 0 Å². The van der Waals surface area contributed by atoms with Crippen LogP contribution in [0.4, 0.5) is 0 Å². The molecule has 0 aromatic heterocycles. The molecule has 43 heavy (non-hydrogen) atoms. The van der Waals surface area contributed by atoms with Crippen LogP contribution >= 0.6 is 0 Å². The lowest BCUT2D eigenvalue weighted by Crippen LogP contribution is -2.60. The summed E-state index contributed by atoms with van der Waals surface area (Å²) in [6, 6.07) is 0. The number of amides is 1. The fraction of sp³-hybridized carbons (Fsp3) is 0.972. The van der Waals surface area contributed by atoms with Crippen molar-refractivity contribution in [2.45, 2.75) is 136 Å². The van der Waals surface area contributed by atoms with E-state index in [1.807, 2.05) is 4.90 Å². The van der Waals surface area contributed by atoms with E-state index in [1.54, 1.807) is 0 Å². The molecule has 2 N–H and O–H groups in total. The topological polar surface area (TPSA) is 88.5 Å². The number of nitrogens with zero attached hydrogens (tertiary/aromatic N) is 1. The lowest BCUT2D eigenvalue weighted by molar-refractivity contribution is -0.248. The summed E-state index contributed by atoms with van der Waals surface area (Å²) < 4.78 is 19.4. The third kappa shape index (κ3) is 3.87. The first-order chi connectivity index (χ1) is 20.4. The van der Waals surface area contributed by atoms with Crippen LogP contribution in [0.3, 0.4) is 0 Å². The van der Waals surface area contributed by atoms with E-state index in [2.05, 4.69) is 34.6 Å². The van der Waals surface area contributed by atoms with Gasteiger partial charge < -0.3 is 29.3 Å². The van der Waals surface area contributed by atoms with Crippen LogP contribution in [-0.2, 0) is 19.0 Å². The lowest BCUT2D eigenvalue weighted by Gasteiger charge is -2.64. The van der Waals surface area contributed by atoms with E-state index < -0.39 is 6.10 Å². The largest absolute Gasteiger partial charge is 0.394 e. The highest BCUT2D eigenvalue weighted by molar-refractivity contribution is 5.76. The second-order valence-corrected chi connectivity index (χ2v) is 17.7. The molecular weight excluding hydrogens is 542 g/mol. The maximum Gasteiger partial charge on any atom is 0.223 e. The molecule has 2 aliphatic heterocycles. The average Bonchev–Trinajstić information content (AvgIpc) is 3.90. The summed E-state index contributed by atoms with van der Waals surface area (Å²) in [5, 5.41) is 22.2. The van der Waals surface area contributed by atoms with E-state index in [1.165, 1.54) is 51.4 Å². The van der Waals surface area contributed by atoms with Gasteiger partial charge >= 0.3 is 0 Å². The highest BCUT2D eigenvalue weighted by Gasteiger charge is 2.84. The Hall–Kier alpha value is -0.730. The normalized spacial score (nSPS) is 55.0. The van der Waals surface area contributed by atoms with Gasteiger partial charge in [0, 0.05) is 18.4 Å². The van der Waals surface area contributed by atoms with Crippen LogP contribution in [0.2, 0.25) is 0 Å². The molecule has 8 aliphatic rings. The Labute approximate surface area is 258 Å². The van der Waals surface area contributed by atoms with Crippen molar-refractivity contribution < 1.29 is 29.2 Å². The first-order valence-electron chi connectivity index (χ1n) is 17.9. The van der Waals surface area contributed by atoms with Gasteiger partial charge in [0.25, 0.3) is 0 Å². The molecule has 8 rings (SSSR count). The Balaban J connectivity index is 1.01. The number of rotatable bonds is 5. The fourth-order valence-corrected chi connectivity index (χ4v) is 13.6. The molecule has 0 aromatic carbocycles. The van der Waals surface area contributed by atoms with Gasteiger partial charge in [-0.1, -0.05) is 34.6 Å². The Bertz CT molecular complexity index is 1140. The molecule has 0 bridgehead atoms. The molecule has 0 radical (unpaired) electrons. The number of hydrogen-bond acceptors (Lipinski definition) is 6. The minimum absolute atomic E-state index is 0.0340. The van der Waals surface area contributed by atoms with Crippen molar-refractivity contribution in [2.75, 3.05) is 26.3 Å². The third-order valence-corrected chi connectivity index (χ3v) is 15.9. The molecule has 3 unspecified atom stereocenters. The van der Waals surface area contributed by atoms with Crippen LogP contribution in [-0.4, -0.2) is 78.0 Å². The summed E-state index contributed by atoms with van der Waals surface area (Å²) in [6.45, 7) is 14.0.